The molecule has 1 saturated heterocycles. The number of aromatic nitrogens is 2. The van der Waals surface area contributed by atoms with E-state index in [1.165, 1.54) is 11.6 Å². The lowest BCUT2D eigenvalue weighted by Crippen LogP contribution is -2.44. The van der Waals surface area contributed by atoms with Gasteiger partial charge in [0.2, 0.25) is 0 Å². The number of hydrogen-bond donors (Lipinski definition) is 1. The Hall–Kier alpha value is -3.10. The van der Waals surface area contributed by atoms with Crippen LogP contribution >= 0.6 is 0 Å². The average molecular weight is 481 g/mol. The molecule has 184 valence electrons. The van der Waals surface area contributed by atoms with Crippen molar-refractivity contribution in [1.29, 1.82) is 0 Å². The van der Waals surface area contributed by atoms with Crippen LogP contribution < -0.4 is 5.32 Å². The summed E-state index contributed by atoms with van der Waals surface area (Å²) >= 11 is 0. The summed E-state index contributed by atoms with van der Waals surface area (Å²) in [5, 5.41) is 7.44. The van der Waals surface area contributed by atoms with Crippen molar-refractivity contribution in [2.75, 3.05) is 13.1 Å². The van der Waals surface area contributed by atoms with Crippen molar-refractivity contribution >= 4 is 5.91 Å². The van der Waals surface area contributed by atoms with E-state index >= 15 is 0 Å². The number of morpholine rings is 1. The zero-order valence-corrected chi connectivity index (χ0v) is 20.1. The summed E-state index contributed by atoms with van der Waals surface area (Å²) in [5.41, 5.74) is 4.77. The van der Waals surface area contributed by atoms with Gasteiger partial charge in [0, 0.05) is 43.5 Å². The molecule has 2 aromatic carbocycles. The predicted molar refractivity (Wildman–Crippen MR) is 128 cm³/mol. The molecule has 0 radical (unpaired) electrons. The molecule has 1 amide bonds. The zero-order valence-electron chi connectivity index (χ0n) is 20.1. The first-order valence-corrected chi connectivity index (χ1v) is 12.2. The third-order valence-corrected chi connectivity index (χ3v) is 6.67. The van der Waals surface area contributed by atoms with Gasteiger partial charge in [-0.2, -0.15) is 5.10 Å². The number of amides is 1. The second kappa shape index (κ2) is 9.87. The molecule has 1 aromatic heterocycles. The van der Waals surface area contributed by atoms with Gasteiger partial charge >= 0.3 is 0 Å². The maximum absolute atomic E-state index is 13.8. The van der Waals surface area contributed by atoms with E-state index in [0.29, 0.717) is 17.9 Å². The molecule has 1 aliphatic carbocycles. The highest BCUT2D eigenvalue weighted by Crippen LogP contribution is 2.28. The first kappa shape index (κ1) is 23.6. The van der Waals surface area contributed by atoms with E-state index in [2.05, 4.69) is 41.3 Å². The van der Waals surface area contributed by atoms with Crippen molar-refractivity contribution in [2.45, 2.75) is 58.4 Å². The number of benzene rings is 2. The van der Waals surface area contributed by atoms with Crippen LogP contribution in [-0.2, 0) is 30.7 Å². The van der Waals surface area contributed by atoms with Gasteiger partial charge in [0.15, 0.2) is 17.3 Å². The first-order valence-electron chi connectivity index (χ1n) is 12.2. The number of halogens is 2. The summed E-state index contributed by atoms with van der Waals surface area (Å²) in [6, 6.07) is 11.9. The van der Waals surface area contributed by atoms with Crippen molar-refractivity contribution in [3.8, 4) is 5.69 Å². The van der Waals surface area contributed by atoms with E-state index in [0.717, 1.165) is 67.9 Å². The van der Waals surface area contributed by atoms with E-state index in [4.69, 9.17) is 4.74 Å². The van der Waals surface area contributed by atoms with Gasteiger partial charge in [0.05, 0.1) is 17.9 Å². The molecule has 35 heavy (non-hydrogen) atoms. The molecule has 1 N–H and O–H groups in total. The molecule has 6 nitrogen and oxygen atoms in total. The summed E-state index contributed by atoms with van der Waals surface area (Å²) < 4.78 is 34.5. The van der Waals surface area contributed by atoms with Gasteiger partial charge in [-0.1, -0.05) is 24.3 Å². The van der Waals surface area contributed by atoms with E-state index < -0.39 is 11.6 Å². The quantitative estimate of drug-likeness (QED) is 0.575. The molecule has 2 heterocycles. The van der Waals surface area contributed by atoms with Crippen LogP contribution in [0.5, 0.6) is 0 Å². The number of nitrogens with zero attached hydrogens (tertiary/aromatic N) is 3. The number of carbonyl (C=O) groups excluding carboxylic acids is 1. The molecule has 0 bridgehead atoms. The predicted octanol–water partition coefficient (Wildman–Crippen LogP) is 4.18. The Labute approximate surface area is 203 Å². The highest BCUT2D eigenvalue weighted by molar-refractivity contribution is 5.94. The van der Waals surface area contributed by atoms with Crippen molar-refractivity contribution < 1.29 is 18.3 Å². The lowest BCUT2D eigenvalue weighted by atomic mass is 10.1. The van der Waals surface area contributed by atoms with Gasteiger partial charge < -0.3 is 10.1 Å². The normalized spacial score (nSPS) is 20.1. The Morgan fingerprint density at radius 2 is 1.74 bits per heavy atom. The van der Waals surface area contributed by atoms with E-state index in [9.17, 15) is 13.6 Å². The van der Waals surface area contributed by atoms with E-state index in [1.54, 1.807) is 4.68 Å². The lowest BCUT2D eigenvalue weighted by Gasteiger charge is -2.35. The maximum Gasteiger partial charge on any atom is 0.272 e. The van der Waals surface area contributed by atoms with E-state index in [-0.39, 0.29) is 18.1 Å². The zero-order chi connectivity index (χ0) is 24.5. The van der Waals surface area contributed by atoms with Crippen molar-refractivity contribution in [3.05, 3.63) is 82.2 Å². The Morgan fingerprint density at radius 3 is 2.46 bits per heavy atom. The monoisotopic (exact) mass is 480 g/mol. The summed E-state index contributed by atoms with van der Waals surface area (Å²) in [5.74, 6) is -2.10. The van der Waals surface area contributed by atoms with Gasteiger partial charge in [-0.25, -0.2) is 13.5 Å². The fraction of sp³-hybridized carbons (Fsp3) is 0.407. The molecule has 2 unspecified atom stereocenters. The van der Waals surface area contributed by atoms with Crippen LogP contribution in [0.1, 0.15) is 53.1 Å². The maximum atomic E-state index is 13.8. The SMILES string of the molecule is CC1CN(Cc2ccc(CNC(=O)c3nn(-c4ccc(F)c(F)c4)c4c3CCC4)cc2)CC(C)O1. The van der Waals surface area contributed by atoms with Crippen LogP contribution in [0.15, 0.2) is 42.5 Å². The molecule has 1 aliphatic heterocycles. The first-order chi connectivity index (χ1) is 16.9. The van der Waals surface area contributed by atoms with Crippen LogP contribution in [-0.4, -0.2) is 45.9 Å². The second-order valence-electron chi connectivity index (χ2n) is 9.59. The van der Waals surface area contributed by atoms with Gasteiger partial charge in [-0.05, 0) is 56.4 Å². The van der Waals surface area contributed by atoms with Crippen molar-refractivity contribution in [3.63, 3.8) is 0 Å². The van der Waals surface area contributed by atoms with Crippen LogP contribution in [0.3, 0.4) is 0 Å². The van der Waals surface area contributed by atoms with Crippen molar-refractivity contribution in [2.24, 2.45) is 0 Å². The minimum atomic E-state index is -0.933. The van der Waals surface area contributed by atoms with Crippen LogP contribution in [0.2, 0.25) is 0 Å². The second-order valence-corrected chi connectivity index (χ2v) is 9.59. The summed E-state index contributed by atoms with van der Waals surface area (Å²) in [6.45, 7) is 7.30. The van der Waals surface area contributed by atoms with Crippen molar-refractivity contribution in [1.82, 2.24) is 20.0 Å². The molecule has 5 rings (SSSR count). The molecule has 1 fully saturated rings. The number of hydrogen-bond acceptors (Lipinski definition) is 4. The Morgan fingerprint density at radius 1 is 1.03 bits per heavy atom. The van der Waals surface area contributed by atoms with E-state index in [1.807, 2.05) is 12.1 Å². The largest absolute Gasteiger partial charge is 0.373 e. The van der Waals surface area contributed by atoms with Crippen LogP contribution in [0.25, 0.3) is 5.69 Å². The lowest BCUT2D eigenvalue weighted by molar-refractivity contribution is -0.0704. The van der Waals surface area contributed by atoms with Gasteiger partial charge in [-0.15, -0.1) is 0 Å². The number of rotatable bonds is 6. The summed E-state index contributed by atoms with van der Waals surface area (Å²) in [6.07, 6.45) is 2.87. The average Bonchev–Trinajstić information content (AvgIpc) is 3.43. The Balaban J connectivity index is 1.24. The topological polar surface area (TPSA) is 59.4 Å². The molecule has 0 saturated carbocycles. The minimum Gasteiger partial charge on any atom is -0.373 e. The summed E-state index contributed by atoms with van der Waals surface area (Å²) in [4.78, 5) is 15.4. The highest BCUT2D eigenvalue weighted by Gasteiger charge is 2.27. The highest BCUT2D eigenvalue weighted by atomic mass is 19.2. The van der Waals surface area contributed by atoms with Crippen LogP contribution in [0, 0.1) is 11.6 Å². The fourth-order valence-electron chi connectivity index (χ4n) is 5.15. The molecule has 2 atom stereocenters. The molecular formula is C27H30F2N4O2. The third kappa shape index (κ3) is 5.13. The molecule has 0 spiro atoms. The number of carbonyl (C=O) groups is 1. The number of ether oxygens (including phenoxy) is 1. The molecular weight excluding hydrogens is 450 g/mol. The summed E-state index contributed by atoms with van der Waals surface area (Å²) in [7, 11) is 0. The number of nitrogens with one attached hydrogen (secondary N) is 1. The fourth-order valence-corrected chi connectivity index (χ4v) is 5.15. The Kier molecular flexibility index (Phi) is 6.67. The molecule has 2 aliphatic rings. The number of fused-ring (bicyclic) bond motifs is 1. The van der Waals surface area contributed by atoms with Crippen LogP contribution in [0.4, 0.5) is 8.78 Å². The van der Waals surface area contributed by atoms with Gasteiger partial charge in [-0.3, -0.25) is 9.69 Å². The van der Waals surface area contributed by atoms with Gasteiger partial charge in [0.1, 0.15) is 0 Å². The van der Waals surface area contributed by atoms with Gasteiger partial charge in [0.25, 0.3) is 5.91 Å². The molecule has 3 aromatic rings. The smallest absolute Gasteiger partial charge is 0.272 e. The third-order valence-electron chi connectivity index (χ3n) is 6.67. The minimum absolute atomic E-state index is 0.236. The standard InChI is InChI=1S/C27H30F2N4O2/c1-17-14-32(15-18(2)35-17)16-20-8-6-19(7-9-20)13-30-27(34)26-22-4-3-5-25(22)33(31-26)21-10-11-23(28)24(29)12-21/h6-12,17-18H,3-5,13-16H2,1-2H3,(H,30,34). The molecule has 8 heteroatoms. The Bertz CT molecular complexity index is 1210.